The number of benzene rings is 1. The summed E-state index contributed by atoms with van der Waals surface area (Å²) in [4.78, 5) is 3.78. The summed E-state index contributed by atoms with van der Waals surface area (Å²) in [6.07, 6.45) is 1.10. The van der Waals surface area contributed by atoms with Crippen molar-refractivity contribution in [2.75, 3.05) is 31.1 Å². The molecule has 0 amide bonds. The van der Waals surface area contributed by atoms with Crippen molar-refractivity contribution in [2.45, 2.75) is 19.9 Å². The highest BCUT2D eigenvalue weighted by atomic mass is 32.1. The molecule has 21 heavy (non-hydrogen) atoms. The zero-order valence-corrected chi connectivity index (χ0v) is 13.5. The van der Waals surface area contributed by atoms with Gasteiger partial charge in [0.2, 0.25) is 0 Å². The van der Waals surface area contributed by atoms with Gasteiger partial charge in [0.1, 0.15) is 0 Å². The molecule has 0 aliphatic carbocycles. The van der Waals surface area contributed by atoms with Crippen LogP contribution in [-0.4, -0.2) is 26.2 Å². The Balaban J connectivity index is 1.90. The van der Waals surface area contributed by atoms with E-state index < -0.39 is 0 Å². The topological polar surface area (TPSA) is 41.3 Å². The van der Waals surface area contributed by atoms with Crippen LogP contribution < -0.4 is 16.0 Å². The SMILES string of the molecule is CCN(CCN)c1ccccc1CNCCc1cccs1. The minimum absolute atomic E-state index is 0.688. The molecule has 2 rings (SSSR count). The molecule has 4 heteroatoms. The number of nitrogens with zero attached hydrogens (tertiary/aromatic N) is 1. The third-order valence-corrected chi connectivity index (χ3v) is 4.49. The van der Waals surface area contributed by atoms with E-state index in [-0.39, 0.29) is 0 Å². The highest BCUT2D eigenvalue weighted by molar-refractivity contribution is 7.09. The average Bonchev–Trinajstić information content (AvgIpc) is 3.03. The maximum atomic E-state index is 5.71. The minimum Gasteiger partial charge on any atom is -0.370 e. The van der Waals surface area contributed by atoms with Gasteiger partial charge in [-0.1, -0.05) is 24.3 Å². The number of hydrogen-bond donors (Lipinski definition) is 2. The zero-order valence-electron chi connectivity index (χ0n) is 12.7. The standard InChI is InChI=1S/C17H25N3S/c1-2-20(12-10-18)17-8-4-3-6-15(17)14-19-11-9-16-7-5-13-21-16/h3-8,13,19H,2,9-12,14,18H2,1H3. The van der Waals surface area contributed by atoms with E-state index in [1.807, 2.05) is 11.3 Å². The smallest absolute Gasteiger partial charge is 0.0412 e. The van der Waals surface area contributed by atoms with E-state index in [0.717, 1.165) is 32.6 Å². The maximum absolute atomic E-state index is 5.71. The predicted molar refractivity (Wildman–Crippen MR) is 93.1 cm³/mol. The molecule has 0 saturated heterocycles. The molecule has 0 aliphatic rings. The van der Waals surface area contributed by atoms with Crippen molar-refractivity contribution in [3.05, 3.63) is 52.2 Å². The Hall–Kier alpha value is -1.36. The average molecular weight is 303 g/mol. The van der Waals surface area contributed by atoms with Crippen LogP contribution in [0, 0.1) is 0 Å². The molecule has 0 spiro atoms. The summed E-state index contributed by atoms with van der Waals surface area (Å²) in [6.45, 7) is 6.68. The van der Waals surface area contributed by atoms with Gasteiger partial charge in [-0.3, -0.25) is 0 Å². The Kier molecular flexibility index (Phi) is 6.73. The van der Waals surface area contributed by atoms with Crippen molar-refractivity contribution >= 4 is 17.0 Å². The summed E-state index contributed by atoms with van der Waals surface area (Å²) < 4.78 is 0. The van der Waals surface area contributed by atoms with Gasteiger partial charge in [0.05, 0.1) is 0 Å². The molecule has 0 atom stereocenters. The van der Waals surface area contributed by atoms with Crippen LogP contribution in [0.5, 0.6) is 0 Å². The monoisotopic (exact) mass is 303 g/mol. The van der Waals surface area contributed by atoms with Crippen molar-refractivity contribution in [3.8, 4) is 0 Å². The van der Waals surface area contributed by atoms with Crippen molar-refractivity contribution in [2.24, 2.45) is 5.73 Å². The summed E-state index contributed by atoms with van der Waals surface area (Å²) in [5, 5.41) is 5.69. The summed E-state index contributed by atoms with van der Waals surface area (Å²) in [7, 11) is 0. The van der Waals surface area contributed by atoms with E-state index in [1.54, 1.807) is 0 Å². The highest BCUT2D eigenvalue weighted by Crippen LogP contribution is 2.19. The summed E-state index contributed by atoms with van der Waals surface area (Å²) in [5.41, 5.74) is 8.36. The fourth-order valence-electron chi connectivity index (χ4n) is 2.46. The van der Waals surface area contributed by atoms with Crippen LogP contribution in [0.2, 0.25) is 0 Å². The van der Waals surface area contributed by atoms with Gasteiger partial charge in [-0.15, -0.1) is 11.3 Å². The van der Waals surface area contributed by atoms with Crippen LogP contribution in [0.4, 0.5) is 5.69 Å². The number of rotatable bonds is 9. The molecule has 0 aliphatic heterocycles. The third-order valence-electron chi connectivity index (χ3n) is 3.56. The summed E-state index contributed by atoms with van der Waals surface area (Å²) in [6, 6.07) is 12.9. The van der Waals surface area contributed by atoms with Gasteiger partial charge >= 0.3 is 0 Å². The largest absolute Gasteiger partial charge is 0.370 e. The normalized spacial score (nSPS) is 10.8. The Morgan fingerprint density at radius 2 is 2.05 bits per heavy atom. The van der Waals surface area contributed by atoms with Crippen LogP contribution in [0.3, 0.4) is 0 Å². The Morgan fingerprint density at radius 3 is 2.76 bits per heavy atom. The molecule has 0 fully saturated rings. The number of anilines is 1. The molecular formula is C17H25N3S. The lowest BCUT2D eigenvalue weighted by Crippen LogP contribution is -2.30. The van der Waals surface area contributed by atoms with Crippen LogP contribution in [0.25, 0.3) is 0 Å². The zero-order chi connectivity index (χ0) is 14.9. The molecule has 0 radical (unpaired) electrons. The third kappa shape index (κ3) is 4.84. The molecule has 1 aromatic heterocycles. The van der Waals surface area contributed by atoms with E-state index in [0.29, 0.717) is 6.54 Å². The first-order valence-corrected chi connectivity index (χ1v) is 8.49. The molecule has 0 unspecified atom stereocenters. The van der Waals surface area contributed by atoms with E-state index in [9.17, 15) is 0 Å². The van der Waals surface area contributed by atoms with Gasteiger partial charge in [-0.2, -0.15) is 0 Å². The first kappa shape index (κ1) is 16.0. The van der Waals surface area contributed by atoms with Crippen LogP contribution in [0.15, 0.2) is 41.8 Å². The number of nitrogens with two attached hydrogens (primary N) is 1. The first-order chi connectivity index (χ1) is 10.3. The lowest BCUT2D eigenvalue weighted by molar-refractivity contribution is 0.686. The van der Waals surface area contributed by atoms with Crippen LogP contribution >= 0.6 is 11.3 Å². The fraction of sp³-hybridized carbons (Fsp3) is 0.412. The molecular weight excluding hydrogens is 278 g/mol. The maximum Gasteiger partial charge on any atom is 0.0412 e. The quantitative estimate of drug-likeness (QED) is 0.700. The van der Waals surface area contributed by atoms with Crippen molar-refractivity contribution in [1.82, 2.24) is 5.32 Å². The van der Waals surface area contributed by atoms with Gasteiger partial charge in [0.15, 0.2) is 0 Å². The molecule has 3 N–H and O–H groups in total. The Labute approximate surface area is 131 Å². The molecule has 2 aromatic rings. The minimum atomic E-state index is 0.688. The summed E-state index contributed by atoms with van der Waals surface area (Å²) >= 11 is 1.83. The van der Waals surface area contributed by atoms with E-state index in [1.165, 1.54) is 16.1 Å². The molecule has 114 valence electrons. The second kappa shape index (κ2) is 8.82. The molecule has 0 bridgehead atoms. The van der Waals surface area contributed by atoms with Gasteiger partial charge < -0.3 is 16.0 Å². The second-order valence-corrected chi connectivity index (χ2v) is 6.04. The molecule has 1 heterocycles. The number of nitrogens with one attached hydrogen (secondary N) is 1. The highest BCUT2D eigenvalue weighted by Gasteiger charge is 2.08. The Morgan fingerprint density at radius 1 is 1.19 bits per heavy atom. The molecule has 1 aromatic carbocycles. The van der Waals surface area contributed by atoms with Crippen molar-refractivity contribution < 1.29 is 0 Å². The first-order valence-electron chi connectivity index (χ1n) is 7.61. The predicted octanol–water partition coefficient (Wildman–Crippen LogP) is 2.87. The second-order valence-electron chi connectivity index (χ2n) is 5.00. The van der Waals surface area contributed by atoms with E-state index >= 15 is 0 Å². The molecule has 0 saturated carbocycles. The van der Waals surface area contributed by atoms with Gasteiger partial charge in [0.25, 0.3) is 0 Å². The Bertz CT molecular complexity index is 511. The van der Waals surface area contributed by atoms with Crippen LogP contribution in [-0.2, 0) is 13.0 Å². The number of likely N-dealkylation sites (N-methyl/N-ethyl adjacent to an activating group) is 1. The molecule has 3 nitrogen and oxygen atoms in total. The van der Waals surface area contributed by atoms with Gasteiger partial charge in [-0.05, 0) is 36.4 Å². The van der Waals surface area contributed by atoms with Crippen LogP contribution in [0.1, 0.15) is 17.4 Å². The van der Waals surface area contributed by atoms with E-state index in [2.05, 4.69) is 58.9 Å². The fourth-order valence-corrected chi connectivity index (χ4v) is 3.17. The van der Waals surface area contributed by atoms with E-state index in [4.69, 9.17) is 5.73 Å². The number of thiophene rings is 1. The van der Waals surface area contributed by atoms with Crippen molar-refractivity contribution in [3.63, 3.8) is 0 Å². The van der Waals surface area contributed by atoms with Gasteiger partial charge in [0, 0.05) is 43.3 Å². The lowest BCUT2D eigenvalue weighted by atomic mass is 10.1. The number of para-hydroxylation sites is 1. The number of hydrogen-bond acceptors (Lipinski definition) is 4. The summed E-state index contributed by atoms with van der Waals surface area (Å²) in [5.74, 6) is 0. The van der Waals surface area contributed by atoms with Gasteiger partial charge in [-0.25, -0.2) is 0 Å². The van der Waals surface area contributed by atoms with Crippen molar-refractivity contribution in [1.29, 1.82) is 0 Å². The lowest BCUT2D eigenvalue weighted by Gasteiger charge is -2.25.